The van der Waals surface area contributed by atoms with E-state index in [-0.39, 0.29) is 17.5 Å². The van der Waals surface area contributed by atoms with Crippen molar-refractivity contribution in [3.05, 3.63) is 11.1 Å². The van der Waals surface area contributed by atoms with E-state index in [0.29, 0.717) is 0 Å². The molecule has 1 aliphatic heterocycles. The summed E-state index contributed by atoms with van der Waals surface area (Å²) in [5.41, 5.74) is -0.346. The molecule has 1 heterocycles. The van der Waals surface area contributed by atoms with Crippen LogP contribution in [0.3, 0.4) is 0 Å². The van der Waals surface area contributed by atoms with Gasteiger partial charge in [-0.05, 0) is 13.8 Å². The largest absolute Gasteiger partial charge is 0.457 e. The van der Waals surface area contributed by atoms with Crippen molar-refractivity contribution in [1.29, 1.82) is 0 Å². The maximum Gasteiger partial charge on any atom is 0.312 e. The highest BCUT2D eigenvalue weighted by Gasteiger charge is 2.41. The van der Waals surface area contributed by atoms with E-state index in [4.69, 9.17) is 4.74 Å². The van der Waals surface area contributed by atoms with Gasteiger partial charge in [0.1, 0.15) is 6.10 Å². The van der Waals surface area contributed by atoms with Gasteiger partial charge in [0.15, 0.2) is 0 Å². The molecule has 0 N–H and O–H groups in total. The number of carbonyl (C=O) groups is 1. The van der Waals surface area contributed by atoms with Crippen LogP contribution < -0.4 is 0 Å². The van der Waals surface area contributed by atoms with Gasteiger partial charge in [0, 0.05) is 10.9 Å². The molecule has 1 aliphatic rings. The van der Waals surface area contributed by atoms with Crippen LogP contribution in [0.25, 0.3) is 0 Å². The molecule has 0 spiro atoms. The fourth-order valence-corrected chi connectivity index (χ4v) is 1.31. The minimum Gasteiger partial charge on any atom is -0.457 e. The fourth-order valence-electron chi connectivity index (χ4n) is 1.05. The van der Waals surface area contributed by atoms with Crippen LogP contribution in [0.4, 0.5) is 0 Å². The SMILES string of the molecule is C=C(Br)[C@@H]1CC(C)(C)C(=O)O1. The first kappa shape index (κ1) is 8.78. The van der Waals surface area contributed by atoms with Crippen LogP contribution in [0, 0.1) is 5.41 Å². The van der Waals surface area contributed by atoms with E-state index >= 15 is 0 Å². The van der Waals surface area contributed by atoms with Gasteiger partial charge in [0.2, 0.25) is 0 Å². The summed E-state index contributed by atoms with van der Waals surface area (Å²) in [5, 5.41) is 0. The highest BCUT2D eigenvalue weighted by Crippen LogP contribution is 2.36. The molecule has 1 atom stereocenters. The topological polar surface area (TPSA) is 26.3 Å². The number of rotatable bonds is 1. The molecule has 2 nitrogen and oxygen atoms in total. The second-order valence-corrected chi connectivity index (χ2v) is 4.45. The Labute approximate surface area is 74.7 Å². The summed E-state index contributed by atoms with van der Waals surface area (Å²) in [7, 11) is 0. The third-order valence-electron chi connectivity index (χ3n) is 1.85. The normalized spacial score (nSPS) is 28.3. The standard InChI is InChI=1S/C8H11BrO2/c1-5(9)6-4-8(2,3)7(10)11-6/h6H,1,4H2,2-3H3/t6-/m0/s1. The van der Waals surface area contributed by atoms with Crippen LogP contribution in [-0.2, 0) is 9.53 Å². The van der Waals surface area contributed by atoms with Gasteiger partial charge in [-0.3, -0.25) is 4.79 Å². The number of esters is 1. The zero-order chi connectivity index (χ0) is 8.65. The van der Waals surface area contributed by atoms with Crippen LogP contribution in [0.5, 0.6) is 0 Å². The fraction of sp³-hybridized carbons (Fsp3) is 0.625. The molecule has 0 bridgehead atoms. The molecule has 0 aromatic rings. The first-order chi connectivity index (χ1) is 4.93. The van der Waals surface area contributed by atoms with Gasteiger partial charge < -0.3 is 4.74 Å². The molecule has 1 rings (SSSR count). The highest BCUT2D eigenvalue weighted by molar-refractivity contribution is 9.11. The minimum atomic E-state index is -0.346. The summed E-state index contributed by atoms with van der Waals surface area (Å²) < 4.78 is 5.80. The summed E-state index contributed by atoms with van der Waals surface area (Å²) in [6, 6.07) is 0. The van der Waals surface area contributed by atoms with Gasteiger partial charge in [-0.25, -0.2) is 0 Å². The average molecular weight is 219 g/mol. The molecule has 3 heteroatoms. The molecule has 11 heavy (non-hydrogen) atoms. The molecule has 0 radical (unpaired) electrons. The van der Waals surface area contributed by atoms with Gasteiger partial charge in [0.25, 0.3) is 0 Å². The molecule has 62 valence electrons. The Morgan fingerprint density at radius 2 is 2.36 bits per heavy atom. The van der Waals surface area contributed by atoms with Gasteiger partial charge in [-0.2, -0.15) is 0 Å². The smallest absolute Gasteiger partial charge is 0.312 e. The van der Waals surface area contributed by atoms with Crippen molar-refractivity contribution in [2.75, 3.05) is 0 Å². The molecule has 0 amide bonds. The lowest BCUT2D eigenvalue weighted by molar-refractivity contribution is -0.146. The number of carbonyl (C=O) groups excluding carboxylic acids is 1. The van der Waals surface area contributed by atoms with E-state index in [9.17, 15) is 4.79 Å². The Balaban J connectivity index is 2.72. The summed E-state index contributed by atoms with van der Waals surface area (Å²) in [5.74, 6) is -0.136. The molecule has 0 aliphatic carbocycles. The molecule has 0 unspecified atom stereocenters. The maximum atomic E-state index is 11.1. The van der Waals surface area contributed by atoms with Crippen molar-refractivity contribution in [2.45, 2.75) is 26.4 Å². The van der Waals surface area contributed by atoms with Crippen molar-refractivity contribution in [3.8, 4) is 0 Å². The van der Waals surface area contributed by atoms with Crippen molar-refractivity contribution >= 4 is 21.9 Å². The highest BCUT2D eigenvalue weighted by atomic mass is 79.9. The van der Waals surface area contributed by atoms with Crippen molar-refractivity contribution in [3.63, 3.8) is 0 Å². The van der Waals surface area contributed by atoms with E-state index in [1.54, 1.807) is 0 Å². The quantitative estimate of drug-likeness (QED) is 0.632. The Kier molecular flexibility index (Phi) is 2.10. The Morgan fingerprint density at radius 1 is 1.82 bits per heavy atom. The molecule has 1 fully saturated rings. The van der Waals surface area contributed by atoms with E-state index in [1.165, 1.54) is 0 Å². The molecule has 1 saturated heterocycles. The second kappa shape index (κ2) is 2.63. The first-order valence-corrected chi connectivity index (χ1v) is 4.28. The Hall–Kier alpha value is -0.310. The summed E-state index contributed by atoms with van der Waals surface area (Å²) in [6.07, 6.45) is 0.577. The summed E-state index contributed by atoms with van der Waals surface area (Å²) >= 11 is 3.21. The molecule has 0 aromatic heterocycles. The van der Waals surface area contributed by atoms with E-state index in [1.807, 2.05) is 13.8 Å². The number of hydrogen-bond acceptors (Lipinski definition) is 2. The third-order valence-corrected chi connectivity index (χ3v) is 2.36. The van der Waals surface area contributed by atoms with Gasteiger partial charge in [0.05, 0.1) is 5.41 Å². The van der Waals surface area contributed by atoms with Crippen LogP contribution in [0.2, 0.25) is 0 Å². The zero-order valence-corrected chi connectivity index (χ0v) is 8.27. The van der Waals surface area contributed by atoms with Gasteiger partial charge in [-0.1, -0.05) is 22.5 Å². The molecule has 0 aromatic carbocycles. The van der Waals surface area contributed by atoms with Crippen LogP contribution >= 0.6 is 15.9 Å². The van der Waals surface area contributed by atoms with Crippen molar-refractivity contribution in [2.24, 2.45) is 5.41 Å². The number of ether oxygens (including phenoxy) is 1. The van der Waals surface area contributed by atoms with Crippen molar-refractivity contribution < 1.29 is 9.53 Å². The predicted molar refractivity (Wildman–Crippen MR) is 46.3 cm³/mol. The lowest BCUT2D eigenvalue weighted by Gasteiger charge is -2.09. The Bertz CT molecular complexity index is 208. The lowest BCUT2D eigenvalue weighted by atomic mass is 9.90. The van der Waals surface area contributed by atoms with Crippen LogP contribution in [-0.4, -0.2) is 12.1 Å². The number of cyclic esters (lactones) is 1. The zero-order valence-electron chi connectivity index (χ0n) is 6.69. The minimum absolute atomic E-state index is 0.136. The van der Waals surface area contributed by atoms with Crippen molar-refractivity contribution in [1.82, 2.24) is 0 Å². The molecular formula is C8H11BrO2. The summed E-state index contributed by atoms with van der Waals surface area (Å²) in [4.78, 5) is 11.1. The van der Waals surface area contributed by atoms with E-state index < -0.39 is 0 Å². The van der Waals surface area contributed by atoms with Gasteiger partial charge in [-0.15, -0.1) is 0 Å². The molecular weight excluding hydrogens is 208 g/mol. The first-order valence-electron chi connectivity index (χ1n) is 3.49. The number of hydrogen-bond donors (Lipinski definition) is 0. The maximum absolute atomic E-state index is 11.1. The average Bonchev–Trinajstić information content (AvgIpc) is 2.08. The van der Waals surface area contributed by atoms with Gasteiger partial charge >= 0.3 is 5.97 Å². The third kappa shape index (κ3) is 1.64. The predicted octanol–water partition coefficient (Wildman–Crippen LogP) is 2.24. The lowest BCUT2D eigenvalue weighted by Crippen LogP contribution is -2.16. The van der Waals surface area contributed by atoms with Crippen LogP contribution in [0.15, 0.2) is 11.1 Å². The number of halogens is 1. The summed E-state index contributed by atoms with van der Waals surface area (Å²) in [6.45, 7) is 7.44. The second-order valence-electron chi connectivity index (χ2n) is 3.43. The van der Waals surface area contributed by atoms with Crippen LogP contribution in [0.1, 0.15) is 20.3 Å². The monoisotopic (exact) mass is 218 g/mol. The van der Waals surface area contributed by atoms with E-state index in [2.05, 4.69) is 22.5 Å². The Morgan fingerprint density at radius 3 is 2.55 bits per heavy atom. The van der Waals surface area contributed by atoms with E-state index in [0.717, 1.165) is 10.9 Å². The molecule has 0 saturated carbocycles.